The number of benzene rings is 2. The minimum atomic E-state index is -1.05. The first-order chi connectivity index (χ1) is 17.2. The fourth-order valence-electron chi connectivity index (χ4n) is 3.79. The lowest BCUT2D eigenvalue weighted by Gasteiger charge is -2.34. The summed E-state index contributed by atoms with van der Waals surface area (Å²) in [4.78, 5) is 37.4. The predicted molar refractivity (Wildman–Crippen MR) is 135 cm³/mol. The molecule has 0 aliphatic rings. The Labute approximate surface area is 211 Å². The minimum Gasteiger partial charge on any atom is -0.493 e. The summed E-state index contributed by atoms with van der Waals surface area (Å²) in [5, 5.41) is 3.01. The van der Waals surface area contributed by atoms with E-state index >= 15 is 0 Å². The monoisotopic (exact) mass is 492 g/mol. The molecule has 190 valence electrons. The zero-order chi connectivity index (χ0) is 26.3. The van der Waals surface area contributed by atoms with Crippen LogP contribution >= 0.6 is 0 Å². The largest absolute Gasteiger partial charge is 0.493 e. The highest BCUT2D eigenvalue weighted by Gasteiger charge is 2.36. The van der Waals surface area contributed by atoms with Crippen molar-refractivity contribution in [1.82, 2.24) is 20.2 Å². The lowest BCUT2D eigenvalue weighted by Crippen LogP contribution is -2.49. The molecular formula is C27H32N4O5. The van der Waals surface area contributed by atoms with Crippen LogP contribution in [0.2, 0.25) is 0 Å². The zero-order valence-electron chi connectivity index (χ0n) is 21.4. The van der Waals surface area contributed by atoms with E-state index < -0.39 is 17.5 Å². The van der Waals surface area contributed by atoms with Gasteiger partial charge >= 0.3 is 0 Å². The Hall–Kier alpha value is -4.14. The number of rotatable bonds is 9. The molecule has 1 heterocycles. The van der Waals surface area contributed by atoms with Crippen LogP contribution < -0.4 is 19.5 Å². The van der Waals surface area contributed by atoms with Crippen molar-refractivity contribution in [2.75, 3.05) is 21.3 Å². The molecule has 36 heavy (non-hydrogen) atoms. The van der Waals surface area contributed by atoms with E-state index in [-0.39, 0.29) is 18.1 Å². The second-order valence-electron chi connectivity index (χ2n) is 9.11. The van der Waals surface area contributed by atoms with Crippen molar-refractivity contribution in [1.29, 1.82) is 0 Å². The average Bonchev–Trinajstić information content (AvgIpc) is 2.87. The first kappa shape index (κ1) is 26.5. The first-order valence-electron chi connectivity index (χ1n) is 11.4. The molecule has 0 aliphatic carbocycles. The van der Waals surface area contributed by atoms with E-state index in [4.69, 9.17) is 14.2 Å². The third-order valence-corrected chi connectivity index (χ3v) is 5.30. The molecular weight excluding hydrogens is 460 g/mol. The topological polar surface area (TPSA) is 103 Å². The maximum Gasteiger partial charge on any atom is 0.275 e. The third-order valence-electron chi connectivity index (χ3n) is 5.30. The summed E-state index contributed by atoms with van der Waals surface area (Å²) in [5.74, 6) is 0.298. The smallest absolute Gasteiger partial charge is 0.275 e. The molecule has 0 bridgehead atoms. The predicted octanol–water partition coefficient (Wildman–Crippen LogP) is 3.80. The molecule has 1 atom stereocenters. The quantitative estimate of drug-likeness (QED) is 0.485. The van der Waals surface area contributed by atoms with Gasteiger partial charge < -0.3 is 24.4 Å². The molecule has 0 aliphatic heterocycles. The van der Waals surface area contributed by atoms with E-state index in [0.29, 0.717) is 22.8 Å². The Morgan fingerprint density at radius 3 is 2.11 bits per heavy atom. The zero-order valence-corrected chi connectivity index (χ0v) is 21.4. The van der Waals surface area contributed by atoms with Crippen LogP contribution in [0.4, 0.5) is 0 Å². The van der Waals surface area contributed by atoms with Crippen LogP contribution in [0.1, 0.15) is 48.4 Å². The van der Waals surface area contributed by atoms with Crippen LogP contribution in [0.3, 0.4) is 0 Å². The Morgan fingerprint density at radius 1 is 0.972 bits per heavy atom. The Kier molecular flexibility index (Phi) is 8.47. The van der Waals surface area contributed by atoms with Crippen molar-refractivity contribution in [3.05, 3.63) is 77.9 Å². The number of hydrogen-bond donors (Lipinski definition) is 1. The van der Waals surface area contributed by atoms with Gasteiger partial charge in [0, 0.05) is 24.5 Å². The van der Waals surface area contributed by atoms with E-state index in [1.54, 1.807) is 12.1 Å². The van der Waals surface area contributed by atoms with Gasteiger partial charge in [0.15, 0.2) is 11.5 Å². The molecule has 0 fully saturated rings. The number of ether oxygens (including phenoxy) is 3. The Morgan fingerprint density at radius 2 is 1.61 bits per heavy atom. The van der Waals surface area contributed by atoms with Crippen LogP contribution in [-0.2, 0) is 11.3 Å². The van der Waals surface area contributed by atoms with Gasteiger partial charge in [0.1, 0.15) is 11.7 Å². The number of methoxy groups -OCH3 is 3. The van der Waals surface area contributed by atoms with Crippen LogP contribution in [0.5, 0.6) is 17.2 Å². The molecule has 1 N–H and O–H groups in total. The fourth-order valence-corrected chi connectivity index (χ4v) is 3.79. The molecule has 0 radical (unpaired) electrons. The molecule has 2 aromatic carbocycles. The lowest BCUT2D eigenvalue weighted by atomic mass is 9.99. The molecule has 0 saturated carbocycles. The number of carbonyl (C=O) groups excluding carboxylic acids is 2. The molecule has 1 aromatic heterocycles. The number of amides is 2. The number of nitrogens with zero attached hydrogens (tertiary/aromatic N) is 3. The maximum atomic E-state index is 13.8. The molecule has 0 spiro atoms. The van der Waals surface area contributed by atoms with Gasteiger partial charge in [-0.1, -0.05) is 30.3 Å². The summed E-state index contributed by atoms with van der Waals surface area (Å²) in [6.45, 7) is 5.78. The minimum absolute atomic E-state index is 0.120. The molecule has 3 rings (SSSR count). The van der Waals surface area contributed by atoms with Gasteiger partial charge in [-0.15, -0.1) is 0 Å². The van der Waals surface area contributed by atoms with Crippen molar-refractivity contribution < 1.29 is 23.8 Å². The summed E-state index contributed by atoms with van der Waals surface area (Å²) in [6.07, 6.45) is 4.31. The van der Waals surface area contributed by atoms with Gasteiger partial charge in [-0.3, -0.25) is 14.6 Å². The van der Waals surface area contributed by atoms with E-state index in [1.165, 1.54) is 44.8 Å². The summed E-state index contributed by atoms with van der Waals surface area (Å²) in [6, 6.07) is 11.7. The average molecular weight is 493 g/mol. The van der Waals surface area contributed by atoms with E-state index in [9.17, 15) is 9.59 Å². The van der Waals surface area contributed by atoms with E-state index in [1.807, 2.05) is 51.1 Å². The standard InChI is InChI=1S/C27H32N4O5/c1-27(2,3)30-25(32)23(19-14-21(34-4)24(36-6)22(15-19)35-5)31(17-18-10-8-7-9-11-18)26(33)20-16-28-12-13-29-20/h7-16,23H,17H2,1-6H3,(H,30,32)/t23-/m0/s1. The summed E-state index contributed by atoms with van der Waals surface area (Å²) < 4.78 is 16.5. The summed E-state index contributed by atoms with van der Waals surface area (Å²) >= 11 is 0. The van der Waals surface area contributed by atoms with Gasteiger partial charge in [-0.25, -0.2) is 4.98 Å². The van der Waals surface area contributed by atoms with Crippen LogP contribution in [0.25, 0.3) is 0 Å². The van der Waals surface area contributed by atoms with Gasteiger partial charge in [-0.2, -0.15) is 0 Å². The number of carbonyl (C=O) groups is 2. The highest BCUT2D eigenvalue weighted by Crippen LogP contribution is 2.41. The maximum absolute atomic E-state index is 13.8. The van der Waals surface area contributed by atoms with E-state index in [2.05, 4.69) is 15.3 Å². The SMILES string of the molecule is COc1cc([C@@H](C(=O)NC(C)(C)C)N(Cc2ccccc2)C(=O)c2cnccn2)cc(OC)c1OC. The van der Waals surface area contributed by atoms with Crippen molar-refractivity contribution in [3.8, 4) is 17.2 Å². The second kappa shape index (κ2) is 11.5. The summed E-state index contributed by atoms with van der Waals surface area (Å²) in [7, 11) is 4.50. The highest BCUT2D eigenvalue weighted by molar-refractivity contribution is 5.96. The van der Waals surface area contributed by atoms with Crippen molar-refractivity contribution in [2.24, 2.45) is 0 Å². The lowest BCUT2D eigenvalue weighted by molar-refractivity contribution is -0.127. The van der Waals surface area contributed by atoms with E-state index in [0.717, 1.165) is 5.56 Å². The molecule has 9 nitrogen and oxygen atoms in total. The number of nitrogens with one attached hydrogen (secondary N) is 1. The van der Waals surface area contributed by atoms with Crippen LogP contribution in [0, 0.1) is 0 Å². The molecule has 0 saturated heterocycles. The Balaban J connectivity index is 2.23. The highest BCUT2D eigenvalue weighted by atomic mass is 16.5. The van der Waals surface area contributed by atoms with Crippen molar-refractivity contribution in [3.63, 3.8) is 0 Å². The van der Waals surface area contributed by atoms with Crippen LogP contribution in [-0.4, -0.2) is 53.6 Å². The molecule has 3 aromatic rings. The first-order valence-corrected chi connectivity index (χ1v) is 11.4. The molecule has 9 heteroatoms. The van der Waals surface area contributed by atoms with Gasteiger partial charge in [0.2, 0.25) is 11.7 Å². The summed E-state index contributed by atoms with van der Waals surface area (Å²) in [5.41, 5.74) is 0.897. The number of hydrogen-bond acceptors (Lipinski definition) is 7. The third kappa shape index (κ3) is 6.29. The Bertz CT molecular complexity index is 1150. The van der Waals surface area contributed by atoms with Gasteiger partial charge in [0.25, 0.3) is 5.91 Å². The number of aromatic nitrogens is 2. The normalized spacial score (nSPS) is 11.8. The van der Waals surface area contributed by atoms with Crippen molar-refractivity contribution >= 4 is 11.8 Å². The molecule has 2 amide bonds. The molecule has 0 unspecified atom stereocenters. The second-order valence-corrected chi connectivity index (χ2v) is 9.11. The van der Waals surface area contributed by atoms with Gasteiger partial charge in [0.05, 0.1) is 27.5 Å². The van der Waals surface area contributed by atoms with Crippen molar-refractivity contribution in [2.45, 2.75) is 38.9 Å². The fraction of sp³-hybridized carbons (Fsp3) is 0.333. The van der Waals surface area contributed by atoms with Crippen LogP contribution in [0.15, 0.2) is 61.1 Å². The van der Waals surface area contributed by atoms with Gasteiger partial charge in [-0.05, 0) is 44.0 Å².